The molecule has 2 aromatic carbocycles. The number of esters is 1. The van der Waals surface area contributed by atoms with Crippen molar-refractivity contribution in [2.24, 2.45) is 0 Å². The number of aromatic amines is 1. The van der Waals surface area contributed by atoms with Gasteiger partial charge in [0.05, 0.1) is 13.7 Å². The fourth-order valence-corrected chi connectivity index (χ4v) is 3.38. The molecule has 1 N–H and O–H groups in total. The number of fused-ring (bicyclic) bond motifs is 1. The summed E-state index contributed by atoms with van der Waals surface area (Å²) in [6, 6.07) is 17.9. The molecule has 4 aromatic rings. The van der Waals surface area contributed by atoms with Crippen molar-refractivity contribution in [3.63, 3.8) is 0 Å². The number of methoxy groups -OCH3 is 1. The monoisotopic (exact) mass is 414 g/mol. The molecular weight excluding hydrogens is 396 g/mol. The largest absolute Gasteiger partial charge is 0.497 e. The smallest absolute Gasteiger partial charge is 0.342 e. The van der Waals surface area contributed by atoms with Crippen molar-refractivity contribution in [1.82, 2.24) is 14.6 Å². The highest BCUT2D eigenvalue weighted by Crippen LogP contribution is 2.31. The lowest BCUT2D eigenvalue weighted by Crippen LogP contribution is -2.23. The van der Waals surface area contributed by atoms with Gasteiger partial charge in [0.15, 0.2) is 11.5 Å². The molecule has 0 bridgehead atoms. The molecule has 0 aliphatic rings. The molecule has 154 valence electrons. The van der Waals surface area contributed by atoms with Gasteiger partial charge >= 0.3 is 5.97 Å². The zero-order valence-electron chi connectivity index (χ0n) is 16.9. The first kappa shape index (κ1) is 19.9. The van der Waals surface area contributed by atoms with Crippen LogP contribution in [0.25, 0.3) is 28.2 Å². The molecule has 0 aliphatic heterocycles. The molecular formula is C23H18N4O4. The Balaban J connectivity index is 2.09. The van der Waals surface area contributed by atoms with E-state index in [2.05, 4.69) is 10.1 Å². The third-order valence-corrected chi connectivity index (χ3v) is 4.81. The summed E-state index contributed by atoms with van der Waals surface area (Å²) < 4.78 is 11.6. The molecule has 0 radical (unpaired) electrons. The molecule has 4 rings (SSSR count). The maximum Gasteiger partial charge on any atom is 0.342 e. The van der Waals surface area contributed by atoms with Crippen LogP contribution in [0.2, 0.25) is 0 Å². The Labute approximate surface area is 177 Å². The third-order valence-electron chi connectivity index (χ3n) is 4.81. The summed E-state index contributed by atoms with van der Waals surface area (Å²) in [7, 11) is 1.53. The number of benzene rings is 2. The Bertz CT molecular complexity index is 1360. The van der Waals surface area contributed by atoms with Crippen molar-refractivity contribution in [3.05, 3.63) is 76.1 Å². The van der Waals surface area contributed by atoms with Crippen LogP contribution in [0.4, 0.5) is 0 Å². The highest BCUT2D eigenvalue weighted by molar-refractivity contribution is 6.04. The van der Waals surface area contributed by atoms with E-state index in [0.717, 1.165) is 10.1 Å². The molecule has 0 aliphatic carbocycles. The van der Waals surface area contributed by atoms with Crippen LogP contribution in [0.15, 0.2) is 59.4 Å². The Hall–Kier alpha value is -4.38. The normalized spacial score (nSPS) is 10.6. The van der Waals surface area contributed by atoms with Crippen molar-refractivity contribution in [3.8, 4) is 34.3 Å². The van der Waals surface area contributed by atoms with E-state index in [1.807, 2.05) is 36.4 Å². The van der Waals surface area contributed by atoms with E-state index in [9.17, 15) is 14.9 Å². The lowest BCUT2D eigenvalue weighted by Gasteiger charge is -2.12. The van der Waals surface area contributed by atoms with Crippen LogP contribution in [-0.4, -0.2) is 34.3 Å². The van der Waals surface area contributed by atoms with E-state index in [4.69, 9.17) is 9.47 Å². The van der Waals surface area contributed by atoms with Gasteiger partial charge in [-0.05, 0) is 24.6 Å². The summed E-state index contributed by atoms with van der Waals surface area (Å²) in [5.74, 6) is 0.316. The van der Waals surface area contributed by atoms with E-state index in [1.165, 1.54) is 7.11 Å². The minimum atomic E-state index is -0.673. The number of rotatable bonds is 5. The number of nitrogens with zero attached hydrogens (tertiary/aromatic N) is 3. The van der Waals surface area contributed by atoms with Crippen molar-refractivity contribution in [2.45, 2.75) is 6.92 Å². The number of carbonyl (C=O) groups is 1. The lowest BCUT2D eigenvalue weighted by atomic mass is 9.96. The van der Waals surface area contributed by atoms with Crippen LogP contribution in [0.1, 0.15) is 22.8 Å². The second-order valence-electron chi connectivity index (χ2n) is 6.59. The van der Waals surface area contributed by atoms with E-state index >= 15 is 0 Å². The van der Waals surface area contributed by atoms with Crippen LogP contribution >= 0.6 is 0 Å². The summed E-state index contributed by atoms with van der Waals surface area (Å²) in [6.45, 7) is 1.81. The molecule has 0 fully saturated rings. The molecule has 2 aromatic heterocycles. The quantitative estimate of drug-likeness (QED) is 0.501. The number of ether oxygens (including phenoxy) is 2. The molecule has 0 saturated heterocycles. The minimum Gasteiger partial charge on any atom is -0.497 e. The zero-order valence-corrected chi connectivity index (χ0v) is 16.9. The summed E-state index contributed by atoms with van der Waals surface area (Å²) in [4.78, 5) is 30.6. The second-order valence-corrected chi connectivity index (χ2v) is 6.59. The Kier molecular flexibility index (Phi) is 5.24. The van der Waals surface area contributed by atoms with E-state index in [1.54, 1.807) is 31.2 Å². The summed E-state index contributed by atoms with van der Waals surface area (Å²) >= 11 is 0. The van der Waals surface area contributed by atoms with Gasteiger partial charge < -0.3 is 9.47 Å². The second kappa shape index (κ2) is 8.16. The average Bonchev–Trinajstić information content (AvgIpc) is 3.25. The number of nitriles is 1. The average molecular weight is 414 g/mol. The fraction of sp³-hybridized carbons (Fsp3) is 0.130. The predicted molar refractivity (Wildman–Crippen MR) is 114 cm³/mol. The highest BCUT2D eigenvalue weighted by atomic mass is 16.5. The topological polar surface area (TPSA) is 109 Å². The first-order chi connectivity index (χ1) is 15.1. The molecule has 0 atom stereocenters. The van der Waals surface area contributed by atoms with Crippen molar-refractivity contribution in [1.29, 1.82) is 5.26 Å². The van der Waals surface area contributed by atoms with Gasteiger partial charge in [0, 0.05) is 11.1 Å². The molecule has 2 heterocycles. The Morgan fingerprint density at radius 3 is 2.45 bits per heavy atom. The van der Waals surface area contributed by atoms with Crippen LogP contribution in [0.5, 0.6) is 5.75 Å². The molecule has 0 unspecified atom stereocenters. The number of hydrogen-bond acceptors (Lipinski definition) is 6. The maximum atomic E-state index is 13.1. The Morgan fingerprint density at radius 2 is 1.84 bits per heavy atom. The number of hydrogen-bond donors (Lipinski definition) is 1. The van der Waals surface area contributed by atoms with Crippen LogP contribution in [-0.2, 0) is 4.74 Å². The van der Waals surface area contributed by atoms with Gasteiger partial charge in [-0.3, -0.25) is 9.89 Å². The lowest BCUT2D eigenvalue weighted by molar-refractivity contribution is 0.0528. The first-order valence-electron chi connectivity index (χ1n) is 9.54. The van der Waals surface area contributed by atoms with Gasteiger partial charge in [0.2, 0.25) is 0 Å². The van der Waals surface area contributed by atoms with Crippen LogP contribution in [0, 0.1) is 11.3 Å². The number of aromatic nitrogens is 3. The van der Waals surface area contributed by atoms with Gasteiger partial charge in [-0.15, -0.1) is 0 Å². The van der Waals surface area contributed by atoms with Gasteiger partial charge in [-0.2, -0.15) is 9.78 Å². The van der Waals surface area contributed by atoms with Gasteiger partial charge in [-0.25, -0.2) is 9.78 Å². The van der Waals surface area contributed by atoms with Gasteiger partial charge in [-0.1, -0.05) is 42.5 Å². The molecule has 8 heteroatoms. The van der Waals surface area contributed by atoms with E-state index in [0.29, 0.717) is 17.1 Å². The van der Waals surface area contributed by atoms with Crippen LogP contribution < -0.4 is 10.3 Å². The van der Waals surface area contributed by atoms with Crippen molar-refractivity contribution in [2.75, 3.05) is 13.7 Å². The van der Waals surface area contributed by atoms with Crippen LogP contribution in [0.3, 0.4) is 0 Å². The summed E-state index contributed by atoms with van der Waals surface area (Å²) in [6.07, 6.45) is 0. The number of nitrogens with one attached hydrogen (secondary N) is 1. The number of H-pyrrole nitrogens is 1. The Morgan fingerprint density at radius 1 is 1.13 bits per heavy atom. The van der Waals surface area contributed by atoms with Gasteiger partial charge in [0.1, 0.15) is 22.9 Å². The predicted octanol–water partition coefficient (Wildman–Crippen LogP) is 3.41. The molecule has 0 saturated carbocycles. The number of carbonyl (C=O) groups excluding carboxylic acids is 1. The molecule has 0 spiro atoms. The fourth-order valence-electron chi connectivity index (χ4n) is 3.38. The van der Waals surface area contributed by atoms with E-state index in [-0.39, 0.29) is 28.9 Å². The number of pyridine rings is 1. The molecule has 31 heavy (non-hydrogen) atoms. The van der Waals surface area contributed by atoms with Gasteiger partial charge in [0.25, 0.3) is 5.56 Å². The zero-order chi connectivity index (χ0) is 22.0. The summed E-state index contributed by atoms with van der Waals surface area (Å²) in [5.41, 5.74) is 0.752. The van der Waals surface area contributed by atoms with Crippen molar-refractivity contribution < 1.29 is 14.3 Å². The van der Waals surface area contributed by atoms with Crippen molar-refractivity contribution >= 4 is 11.6 Å². The summed E-state index contributed by atoms with van der Waals surface area (Å²) in [5, 5.41) is 12.7. The minimum absolute atomic E-state index is 0.0431. The molecule has 0 amide bonds. The standard InChI is InChI=1S/C23H18N4O4/c1-3-31-23(29)19-18(14-9-11-16(30-2)12-10-14)17(13-24)22(28)27-21(19)25-20(26-27)15-7-5-4-6-8-15/h4-12H,3H2,1-2H3,(H,25,26). The molecule has 8 nitrogen and oxygen atoms in total. The maximum absolute atomic E-state index is 13.1. The van der Waals surface area contributed by atoms with E-state index < -0.39 is 11.5 Å². The highest BCUT2D eigenvalue weighted by Gasteiger charge is 2.27. The SMILES string of the molecule is CCOC(=O)c1c(-c2ccc(OC)cc2)c(C#N)c(=O)n2[nH]c(-c3ccccc3)nc12. The first-order valence-corrected chi connectivity index (χ1v) is 9.54. The third kappa shape index (κ3) is 3.42.